The van der Waals surface area contributed by atoms with Crippen LogP contribution in [-0.4, -0.2) is 19.5 Å². The van der Waals surface area contributed by atoms with Gasteiger partial charge < -0.3 is 5.11 Å². The second kappa shape index (κ2) is 8.40. The van der Waals surface area contributed by atoms with E-state index in [9.17, 15) is 22.0 Å². The Balaban J connectivity index is 2.05. The largest absolute Gasteiger partial charge is 0.481 e. The summed E-state index contributed by atoms with van der Waals surface area (Å²) in [5, 5.41) is 9.26. The van der Waals surface area contributed by atoms with E-state index in [4.69, 9.17) is 16.7 Å². The molecule has 1 fully saturated rings. The number of halogens is 3. The number of aliphatic carboxylic acids is 1. The van der Waals surface area contributed by atoms with Crippen molar-refractivity contribution in [2.45, 2.75) is 48.2 Å². The number of hydrogen-bond acceptors (Lipinski definition) is 3. The van der Waals surface area contributed by atoms with Crippen molar-refractivity contribution in [3.8, 4) is 0 Å². The molecule has 2 aromatic rings. The molecule has 0 bridgehead atoms. The van der Waals surface area contributed by atoms with Crippen LogP contribution in [0.25, 0.3) is 0 Å². The zero-order valence-corrected chi connectivity index (χ0v) is 17.1. The van der Waals surface area contributed by atoms with Crippen LogP contribution in [0.1, 0.15) is 44.1 Å². The van der Waals surface area contributed by atoms with Crippen molar-refractivity contribution in [2.75, 3.05) is 0 Å². The molecule has 0 heterocycles. The third kappa shape index (κ3) is 4.31. The van der Waals surface area contributed by atoms with Crippen LogP contribution in [0.4, 0.5) is 8.78 Å². The minimum atomic E-state index is -4.07. The fourth-order valence-electron chi connectivity index (χ4n) is 4.13. The van der Waals surface area contributed by atoms with E-state index in [1.54, 1.807) is 0 Å². The van der Waals surface area contributed by atoms with E-state index in [1.165, 1.54) is 24.3 Å². The highest BCUT2D eigenvalue weighted by atomic mass is 35.5. The molecule has 1 saturated carbocycles. The van der Waals surface area contributed by atoms with Crippen LogP contribution >= 0.6 is 11.6 Å². The highest BCUT2D eigenvalue weighted by Gasteiger charge is 2.49. The van der Waals surface area contributed by atoms with Crippen molar-refractivity contribution >= 4 is 27.4 Å². The van der Waals surface area contributed by atoms with Crippen LogP contribution in [0, 0.1) is 17.6 Å². The van der Waals surface area contributed by atoms with Gasteiger partial charge in [-0.1, -0.05) is 11.6 Å². The zero-order valence-electron chi connectivity index (χ0n) is 15.6. The Hall–Kier alpha value is -1.99. The van der Waals surface area contributed by atoms with Gasteiger partial charge in [0.2, 0.25) is 0 Å². The van der Waals surface area contributed by atoms with E-state index in [0.717, 1.165) is 18.2 Å². The maximum Gasteiger partial charge on any atom is 0.303 e. The van der Waals surface area contributed by atoms with Gasteiger partial charge >= 0.3 is 5.97 Å². The van der Waals surface area contributed by atoms with Crippen LogP contribution < -0.4 is 0 Å². The normalized spacial score (nSPS) is 22.4. The smallest absolute Gasteiger partial charge is 0.303 e. The number of carboxylic acid groups (broad SMARTS) is 1. The van der Waals surface area contributed by atoms with Gasteiger partial charge in [-0.25, -0.2) is 17.2 Å². The van der Waals surface area contributed by atoms with E-state index in [0.29, 0.717) is 24.3 Å². The van der Waals surface area contributed by atoms with Gasteiger partial charge in [0.15, 0.2) is 9.84 Å². The summed E-state index contributed by atoms with van der Waals surface area (Å²) in [4.78, 5) is 10.8. The van der Waals surface area contributed by atoms with Crippen molar-refractivity contribution in [1.29, 1.82) is 0 Å². The van der Waals surface area contributed by atoms with Crippen LogP contribution in [-0.2, 0) is 19.4 Å². The number of rotatable bonds is 6. The zero-order chi connectivity index (χ0) is 21.2. The van der Waals surface area contributed by atoms with Gasteiger partial charge in [0.25, 0.3) is 0 Å². The Kier molecular flexibility index (Phi) is 6.29. The van der Waals surface area contributed by atoms with Crippen LogP contribution in [0.2, 0.25) is 5.02 Å². The maximum atomic E-state index is 14.7. The molecule has 0 radical (unpaired) electrons. The van der Waals surface area contributed by atoms with Gasteiger partial charge in [-0.15, -0.1) is 0 Å². The number of carboxylic acids is 1. The average molecular weight is 443 g/mol. The van der Waals surface area contributed by atoms with Crippen molar-refractivity contribution < 1.29 is 27.1 Å². The minimum Gasteiger partial charge on any atom is -0.481 e. The van der Waals surface area contributed by atoms with Gasteiger partial charge in [0, 0.05) is 17.0 Å². The molecule has 1 N–H and O–H groups in total. The van der Waals surface area contributed by atoms with Crippen LogP contribution in [0.5, 0.6) is 0 Å². The maximum absolute atomic E-state index is 14.7. The SMILES string of the molecule is O=C(O)CC[C@H]1CC[C@](c2cc(F)ccc2F)(S(=O)(=O)c2ccc(Cl)cc2)CC1. The monoisotopic (exact) mass is 442 g/mol. The standard InChI is InChI=1S/C21H21ClF2O4S/c22-15-2-5-17(6-3-15)29(27,28)21(18-13-16(23)4-7-19(18)24)11-9-14(10-12-21)1-8-20(25)26/h2-7,13-14H,1,8-12H2,(H,25,26)/t14-,21-. The number of sulfone groups is 1. The molecule has 0 spiro atoms. The van der Waals surface area contributed by atoms with Crippen molar-refractivity contribution in [2.24, 2.45) is 5.92 Å². The second-order valence-corrected chi connectivity index (χ2v) is 10.1. The summed E-state index contributed by atoms with van der Waals surface area (Å²) in [5.74, 6) is -2.36. The third-order valence-electron chi connectivity index (χ3n) is 5.74. The first-order valence-corrected chi connectivity index (χ1v) is 11.2. The lowest BCUT2D eigenvalue weighted by atomic mass is 9.76. The topological polar surface area (TPSA) is 71.4 Å². The van der Waals surface area contributed by atoms with Gasteiger partial charge in [0.05, 0.1) is 4.90 Å². The van der Waals surface area contributed by atoms with Crippen molar-refractivity contribution in [1.82, 2.24) is 0 Å². The van der Waals surface area contributed by atoms with E-state index in [1.807, 2.05) is 0 Å². The summed E-state index contributed by atoms with van der Waals surface area (Å²) in [6.07, 6.45) is 1.42. The Labute approximate surface area is 173 Å². The molecule has 0 unspecified atom stereocenters. The fourth-order valence-corrected chi connectivity index (χ4v) is 6.42. The Morgan fingerprint density at radius 2 is 1.72 bits per heavy atom. The molecule has 8 heteroatoms. The predicted molar refractivity (Wildman–Crippen MR) is 106 cm³/mol. The highest BCUT2D eigenvalue weighted by Crippen LogP contribution is 2.50. The summed E-state index contributed by atoms with van der Waals surface area (Å²) in [5.41, 5.74) is -0.177. The molecule has 156 valence electrons. The molecule has 3 rings (SSSR count). The second-order valence-electron chi connectivity index (χ2n) is 7.45. The van der Waals surface area contributed by atoms with Gasteiger partial charge in [-0.05, 0) is 80.5 Å². The summed E-state index contributed by atoms with van der Waals surface area (Å²) in [7, 11) is -4.07. The first-order chi connectivity index (χ1) is 13.7. The van der Waals surface area contributed by atoms with E-state index in [2.05, 4.69) is 0 Å². The van der Waals surface area contributed by atoms with E-state index >= 15 is 0 Å². The molecule has 4 nitrogen and oxygen atoms in total. The predicted octanol–water partition coefficient (Wildman–Crippen LogP) is 5.34. The van der Waals surface area contributed by atoms with Crippen molar-refractivity contribution in [3.63, 3.8) is 0 Å². The molecule has 0 saturated heterocycles. The van der Waals surface area contributed by atoms with E-state index < -0.39 is 32.2 Å². The molecule has 0 aromatic heterocycles. The average Bonchev–Trinajstić information content (AvgIpc) is 2.69. The number of carbonyl (C=O) groups is 1. The van der Waals surface area contributed by atoms with Gasteiger partial charge in [-0.2, -0.15) is 0 Å². The van der Waals surface area contributed by atoms with Crippen LogP contribution in [0.3, 0.4) is 0 Å². The van der Waals surface area contributed by atoms with Gasteiger partial charge in [0.1, 0.15) is 16.4 Å². The summed E-state index contributed by atoms with van der Waals surface area (Å²) >= 11 is 5.87. The lowest BCUT2D eigenvalue weighted by Gasteiger charge is -2.40. The molecule has 29 heavy (non-hydrogen) atoms. The first-order valence-electron chi connectivity index (χ1n) is 9.33. The summed E-state index contributed by atoms with van der Waals surface area (Å²) in [6, 6.07) is 8.49. The Morgan fingerprint density at radius 1 is 1.10 bits per heavy atom. The summed E-state index contributed by atoms with van der Waals surface area (Å²) < 4.78 is 54.3. The summed E-state index contributed by atoms with van der Waals surface area (Å²) in [6.45, 7) is 0. The molecule has 1 aliphatic rings. The molecule has 0 amide bonds. The molecule has 1 aliphatic carbocycles. The Morgan fingerprint density at radius 3 is 2.31 bits per heavy atom. The highest BCUT2D eigenvalue weighted by molar-refractivity contribution is 7.92. The van der Waals surface area contributed by atoms with Crippen molar-refractivity contribution in [3.05, 3.63) is 64.7 Å². The quantitative estimate of drug-likeness (QED) is 0.655. The lowest BCUT2D eigenvalue weighted by molar-refractivity contribution is -0.137. The first kappa shape index (κ1) is 21.7. The number of benzene rings is 2. The van der Waals surface area contributed by atoms with E-state index in [-0.39, 0.29) is 35.6 Å². The van der Waals surface area contributed by atoms with Crippen LogP contribution in [0.15, 0.2) is 47.4 Å². The molecular formula is C21H21ClF2O4S. The number of hydrogen-bond donors (Lipinski definition) is 1. The molecule has 0 atom stereocenters. The molecule has 2 aromatic carbocycles. The molecular weight excluding hydrogens is 422 g/mol. The minimum absolute atomic E-state index is 0.00404. The molecule has 0 aliphatic heterocycles. The third-order valence-corrected chi connectivity index (χ3v) is 8.54. The fraction of sp³-hybridized carbons (Fsp3) is 0.381. The lowest BCUT2D eigenvalue weighted by Crippen LogP contribution is -2.40. The Bertz CT molecular complexity index is 998. The van der Waals surface area contributed by atoms with Gasteiger partial charge in [-0.3, -0.25) is 4.79 Å².